The number of rotatable bonds is 7. The molecule has 1 aliphatic carbocycles. The lowest BCUT2D eigenvalue weighted by Crippen LogP contribution is -2.23. The number of anilines is 2. The molecule has 7 nitrogen and oxygen atoms in total. The number of halogens is 4. The minimum atomic E-state index is -4.84. The lowest BCUT2D eigenvalue weighted by molar-refractivity contribution is -0.105. The van der Waals surface area contributed by atoms with E-state index in [1.165, 1.54) is 30.3 Å². The second-order valence-corrected chi connectivity index (χ2v) is 9.21. The van der Waals surface area contributed by atoms with E-state index in [1.807, 2.05) is 0 Å². The van der Waals surface area contributed by atoms with Crippen LogP contribution < -0.4 is 16.8 Å². The number of fused-ring (bicyclic) bond motifs is 3. The number of aromatic nitrogens is 1. The van der Waals surface area contributed by atoms with E-state index in [0.29, 0.717) is 76.3 Å². The molecular weight excluding hydrogens is 512 g/mol. The maximum Gasteiger partial charge on any atom is 0.431 e. The van der Waals surface area contributed by atoms with Crippen molar-refractivity contribution in [1.82, 2.24) is 4.98 Å². The number of carbonyl (C=O) groups is 1. The van der Waals surface area contributed by atoms with E-state index in [0.717, 1.165) is 6.42 Å². The summed E-state index contributed by atoms with van der Waals surface area (Å²) < 4.78 is 54.5. The molecule has 11 heteroatoms. The maximum absolute atomic E-state index is 14.0. The Labute approximate surface area is 221 Å². The summed E-state index contributed by atoms with van der Waals surface area (Å²) in [6.07, 6.45) is 0.117. The van der Waals surface area contributed by atoms with Crippen LogP contribution in [-0.2, 0) is 17.6 Å². The van der Waals surface area contributed by atoms with Crippen LogP contribution in [0.5, 0.6) is 0 Å². The van der Waals surface area contributed by atoms with E-state index in [1.54, 1.807) is 13.0 Å². The Balaban J connectivity index is 1.96. The quantitative estimate of drug-likeness (QED) is 0.113. The Bertz CT molecular complexity index is 1570. The summed E-state index contributed by atoms with van der Waals surface area (Å²) in [6.45, 7) is 1.66. The van der Waals surface area contributed by atoms with Gasteiger partial charge in [0.25, 0.3) is 0 Å². The maximum atomic E-state index is 14.0. The summed E-state index contributed by atoms with van der Waals surface area (Å²) in [5, 5.41) is 19.7. The van der Waals surface area contributed by atoms with E-state index >= 15 is 0 Å². The molecule has 0 fully saturated rings. The van der Waals surface area contributed by atoms with E-state index in [2.05, 4.69) is 10.3 Å². The molecule has 0 spiro atoms. The highest BCUT2D eigenvalue weighted by Gasteiger charge is 2.36. The molecule has 2 aromatic carbocycles. The van der Waals surface area contributed by atoms with Crippen molar-refractivity contribution in [3.63, 3.8) is 0 Å². The van der Waals surface area contributed by atoms with Crippen LogP contribution >= 0.6 is 0 Å². The second kappa shape index (κ2) is 10.7. The van der Waals surface area contributed by atoms with Crippen LogP contribution in [0, 0.1) is 16.6 Å². The van der Waals surface area contributed by atoms with Gasteiger partial charge >= 0.3 is 6.18 Å². The zero-order valence-corrected chi connectivity index (χ0v) is 21.0. The molecule has 1 aliphatic rings. The summed E-state index contributed by atoms with van der Waals surface area (Å²) in [5.74, 6) is -0.524. The van der Waals surface area contributed by atoms with E-state index < -0.39 is 23.3 Å². The summed E-state index contributed by atoms with van der Waals surface area (Å²) in [4.78, 5) is 15.5. The number of benzene rings is 2. The number of nitrogen functional groups attached to an aromatic ring is 1. The van der Waals surface area contributed by atoms with Crippen molar-refractivity contribution in [3.05, 3.63) is 75.9 Å². The number of hydrogen-bond donors (Lipinski definition) is 5. The van der Waals surface area contributed by atoms with Crippen molar-refractivity contribution >= 4 is 51.8 Å². The molecule has 39 heavy (non-hydrogen) atoms. The molecular formula is C28H26F4N6O. The molecule has 202 valence electrons. The lowest BCUT2D eigenvalue weighted by Gasteiger charge is -2.24. The minimum Gasteiger partial charge on any atom is -0.398 e. The number of alkyl halides is 3. The van der Waals surface area contributed by atoms with Gasteiger partial charge in [-0.25, -0.2) is 9.37 Å². The fourth-order valence-electron chi connectivity index (χ4n) is 4.97. The first-order chi connectivity index (χ1) is 18.5. The molecule has 0 atom stereocenters. The molecule has 0 saturated carbocycles. The molecule has 3 aromatic rings. The van der Waals surface area contributed by atoms with Gasteiger partial charge in [0, 0.05) is 39.7 Å². The van der Waals surface area contributed by atoms with Crippen molar-refractivity contribution in [1.29, 1.82) is 10.8 Å². The summed E-state index contributed by atoms with van der Waals surface area (Å²) >= 11 is 0. The first-order valence-corrected chi connectivity index (χ1v) is 12.1. The molecule has 1 heterocycles. The molecule has 4 rings (SSSR count). The van der Waals surface area contributed by atoms with Gasteiger partial charge in [-0.05, 0) is 85.7 Å². The molecule has 1 amide bonds. The molecule has 0 unspecified atom stereocenters. The number of nitrogens with zero attached hydrogens (tertiary/aromatic N) is 1. The Morgan fingerprint density at radius 1 is 1.13 bits per heavy atom. The average Bonchev–Trinajstić information content (AvgIpc) is 2.89. The highest BCUT2D eigenvalue weighted by atomic mass is 19.4. The average molecular weight is 539 g/mol. The highest BCUT2D eigenvalue weighted by molar-refractivity contribution is 6.21. The first kappa shape index (κ1) is 27.5. The van der Waals surface area contributed by atoms with Crippen LogP contribution in [0.25, 0.3) is 22.0 Å². The lowest BCUT2D eigenvalue weighted by atomic mass is 9.83. The van der Waals surface area contributed by atoms with Gasteiger partial charge < -0.3 is 27.6 Å². The fourth-order valence-corrected chi connectivity index (χ4v) is 4.97. The molecule has 7 N–H and O–H groups in total. The van der Waals surface area contributed by atoms with Crippen molar-refractivity contribution in [2.75, 3.05) is 11.1 Å². The Morgan fingerprint density at radius 2 is 1.82 bits per heavy atom. The van der Waals surface area contributed by atoms with Gasteiger partial charge in [0.05, 0.1) is 16.9 Å². The van der Waals surface area contributed by atoms with Gasteiger partial charge in [0.1, 0.15) is 11.5 Å². The van der Waals surface area contributed by atoms with Crippen LogP contribution in [0.2, 0.25) is 0 Å². The monoisotopic (exact) mass is 538 g/mol. The highest BCUT2D eigenvalue weighted by Crippen LogP contribution is 2.38. The number of allylic oxidation sites excluding steroid dienone is 4. The topological polar surface area (TPSA) is 142 Å². The predicted octanol–water partition coefficient (Wildman–Crippen LogP) is 5.76. The van der Waals surface area contributed by atoms with Crippen LogP contribution in [0.15, 0.2) is 42.1 Å². The third kappa shape index (κ3) is 5.25. The number of carbonyl (C=O) groups excluding carboxylic acids is 1. The zero-order valence-electron chi connectivity index (χ0n) is 21.0. The number of amides is 1. The Hall–Kier alpha value is -4.54. The van der Waals surface area contributed by atoms with E-state index in [-0.39, 0.29) is 17.1 Å². The van der Waals surface area contributed by atoms with Crippen molar-refractivity contribution in [2.45, 2.75) is 38.8 Å². The largest absolute Gasteiger partial charge is 0.431 e. The van der Waals surface area contributed by atoms with E-state index in [4.69, 9.17) is 22.3 Å². The number of hydrogen-bond acceptors (Lipinski definition) is 6. The minimum absolute atomic E-state index is 0.000314. The first-order valence-electron chi connectivity index (χ1n) is 12.1. The fraction of sp³-hybridized carbons (Fsp3) is 0.214. The summed E-state index contributed by atoms with van der Waals surface area (Å²) in [7, 11) is 0. The van der Waals surface area contributed by atoms with Gasteiger partial charge in [0.15, 0.2) is 0 Å². The van der Waals surface area contributed by atoms with Gasteiger partial charge in [-0.1, -0.05) is 0 Å². The third-order valence-corrected chi connectivity index (χ3v) is 6.75. The number of nitrogens with two attached hydrogens (primary N) is 2. The third-order valence-electron chi connectivity index (χ3n) is 6.75. The summed E-state index contributed by atoms with van der Waals surface area (Å²) in [5.41, 5.74) is 13.2. The number of pyridine rings is 1. The second-order valence-electron chi connectivity index (χ2n) is 9.21. The Kier molecular flexibility index (Phi) is 7.53. The summed E-state index contributed by atoms with van der Waals surface area (Å²) in [6, 6.07) is 6.94. The predicted molar refractivity (Wildman–Crippen MR) is 145 cm³/mol. The SMILES string of the molecule is C/C(=C\C(=N)c1c(N)ccc2nc(C(C=N)=C(N)C(F)(F)F)c3c(c12)CCCC3)c1cc(F)ccc1NC=O. The molecule has 0 saturated heterocycles. The van der Waals surface area contributed by atoms with Gasteiger partial charge in [0.2, 0.25) is 6.41 Å². The smallest absolute Gasteiger partial charge is 0.398 e. The van der Waals surface area contributed by atoms with Gasteiger partial charge in [-0.3, -0.25) is 4.79 Å². The van der Waals surface area contributed by atoms with Gasteiger partial charge in [-0.2, -0.15) is 13.2 Å². The van der Waals surface area contributed by atoms with Gasteiger partial charge in [-0.15, -0.1) is 0 Å². The van der Waals surface area contributed by atoms with Crippen LogP contribution in [0.4, 0.5) is 28.9 Å². The molecule has 0 aliphatic heterocycles. The standard InChI is InChI=1S/C28H26F4N6O/c1-14(18-11-15(29)6-8-22(18)37-13-39)10-21(35)25-20(34)7-9-23-24(25)16-4-2-3-5-17(16)26(38-23)19(12-33)27(36)28(30,31)32/h6-13,33,35H,2-5,34,36H2,1H3,(H,37,39)/b14-10+,27-19?,33-12?,35-21?. The van der Waals surface area contributed by atoms with Crippen LogP contribution in [0.3, 0.4) is 0 Å². The molecule has 0 radical (unpaired) electrons. The van der Waals surface area contributed by atoms with Crippen molar-refractivity contribution < 1.29 is 22.4 Å². The normalized spacial score (nSPS) is 14.4. The van der Waals surface area contributed by atoms with Crippen molar-refractivity contribution in [2.24, 2.45) is 5.73 Å². The van der Waals surface area contributed by atoms with Crippen LogP contribution in [0.1, 0.15) is 47.7 Å². The number of aryl methyl sites for hydroxylation is 1. The van der Waals surface area contributed by atoms with Crippen LogP contribution in [-0.4, -0.2) is 29.5 Å². The molecule has 0 bridgehead atoms. The number of nitrogens with one attached hydrogen (secondary N) is 3. The zero-order chi connectivity index (χ0) is 28.5. The van der Waals surface area contributed by atoms with Crippen molar-refractivity contribution in [3.8, 4) is 0 Å². The van der Waals surface area contributed by atoms with E-state index in [9.17, 15) is 22.4 Å². The Morgan fingerprint density at radius 3 is 2.46 bits per heavy atom. The molecule has 1 aromatic heterocycles.